The van der Waals surface area contributed by atoms with Crippen LogP contribution in [0.5, 0.6) is 0 Å². The Bertz CT molecular complexity index is 693. The van der Waals surface area contributed by atoms with E-state index in [1.54, 1.807) is 6.20 Å². The molecule has 0 bridgehead atoms. The van der Waals surface area contributed by atoms with Gasteiger partial charge in [-0.1, -0.05) is 34.1 Å². The molecular formula is C16H16BrN3O2. The first-order valence-corrected chi connectivity index (χ1v) is 7.81. The minimum absolute atomic E-state index is 0.0572. The molecular weight excluding hydrogens is 346 g/mol. The Morgan fingerprint density at radius 1 is 1.36 bits per heavy atom. The molecule has 0 aliphatic carbocycles. The van der Waals surface area contributed by atoms with Crippen LogP contribution in [0.4, 0.5) is 5.69 Å². The summed E-state index contributed by atoms with van der Waals surface area (Å²) in [6.45, 7) is 1.96. The molecule has 1 aromatic heterocycles. The lowest BCUT2D eigenvalue weighted by Crippen LogP contribution is -2.39. The highest BCUT2D eigenvalue weighted by Gasteiger charge is 2.25. The van der Waals surface area contributed by atoms with Gasteiger partial charge in [-0.15, -0.1) is 0 Å². The van der Waals surface area contributed by atoms with Crippen molar-refractivity contribution >= 4 is 27.5 Å². The first-order chi connectivity index (χ1) is 10.7. The zero-order valence-corrected chi connectivity index (χ0v) is 13.5. The van der Waals surface area contributed by atoms with Crippen LogP contribution in [0, 0.1) is 0 Å². The number of anilines is 1. The quantitative estimate of drug-likeness (QED) is 0.911. The van der Waals surface area contributed by atoms with Gasteiger partial charge in [0.1, 0.15) is 6.10 Å². The molecule has 0 saturated carbocycles. The molecule has 1 aliphatic heterocycles. The summed E-state index contributed by atoms with van der Waals surface area (Å²) < 4.78 is 6.91. The van der Waals surface area contributed by atoms with Crippen LogP contribution in [-0.4, -0.2) is 30.6 Å². The fraction of sp³-hybridized carbons (Fsp3) is 0.250. The number of pyridine rings is 1. The van der Waals surface area contributed by atoms with Crippen molar-refractivity contribution in [2.75, 3.05) is 24.6 Å². The van der Waals surface area contributed by atoms with E-state index in [4.69, 9.17) is 10.5 Å². The molecule has 1 saturated heterocycles. The molecule has 0 spiro atoms. The van der Waals surface area contributed by atoms with Gasteiger partial charge in [0.05, 0.1) is 17.9 Å². The lowest BCUT2D eigenvalue weighted by molar-refractivity contribution is 0.0392. The smallest absolute Gasteiger partial charge is 0.252 e. The minimum Gasteiger partial charge on any atom is -0.370 e. The van der Waals surface area contributed by atoms with Crippen molar-refractivity contribution in [3.63, 3.8) is 0 Å². The number of nitrogens with two attached hydrogens (primary N) is 1. The molecule has 2 aromatic rings. The van der Waals surface area contributed by atoms with Gasteiger partial charge in [-0.3, -0.25) is 9.78 Å². The number of hydrogen-bond acceptors (Lipinski definition) is 4. The Hall–Kier alpha value is -1.92. The van der Waals surface area contributed by atoms with E-state index in [2.05, 4.69) is 25.8 Å². The Kier molecular flexibility index (Phi) is 4.40. The summed E-state index contributed by atoms with van der Waals surface area (Å²) in [6, 6.07) is 9.83. The summed E-state index contributed by atoms with van der Waals surface area (Å²) >= 11 is 3.56. The van der Waals surface area contributed by atoms with Crippen LogP contribution >= 0.6 is 15.9 Å². The van der Waals surface area contributed by atoms with Crippen molar-refractivity contribution in [2.24, 2.45) is 5.73 Å². The third-order valence-corrected chi connectivity index (χ3v) is 4.44. The van der Waals surface area contributed by atoms with Gasteiger partial charge in [0.2, 0.25) is 0 Å². The number of amides is 1. The Labute approximate surface area is 137 Å². The van der Waals surface area contributed by atoms with Gasteiger partial charge in [0.15, 0.2) is 0 Å². The van der Waals surface area contributed by atoms with Crippen molar-refractivity contribution in [2.45, 2.75) is 6.10 Å². The van der Waals surface area contributed by atoms with Crippen LogP contribution in [-0.2, 0) is 4.74 Å². The monoisotopic (exact) mass is 361 g/mol. The number of ether oxygens (including phenoxy) is 1. The van der Waals surface area contributed by atoms with Crippen molar-refractivity contribution in [3.05, 3.63) is 58.3 Å². The molecule has 114 valence electrons. The lowest BCUT2D eigenvalue weighted by atomic mass is 10.1. The third-order valence-electron chi connectivity index (χ3n) is 3.72. The summed E-state index contributed by atoms with van der Waals surface area (Å²) in [6.07, 6.45) is 3.13. The van der Waals surface area contributed by atoms with E-state index < -0.39 is 5.91 Å². The average Bonchev–Trinajstić information content (AvgIpc) is 2.55. The average molecular weight is 362 g/mol. The zero-order chi connectivity index (χ0) is 15.5. The van der Waals surface area contributed by atoms with Crippen molar-refractivity contribution in [1.82, 2.24) is 4.98 Å². The van der Waals surface area contributed by atoms with Crippen molar-refractivity contribution in [1.29, 1.82) is 0 Å². The normalized spacial score (nSPS) is 18.2. The second-order valence-corrected chi connectivity index (χ2v) is 5.94. The zero-order valence-electron chi connectivity index (χ0n) is 11.9. The number of halogens is 1. The van der Waals surface area contributed by atoms with Crippen LogP contribution in [0.2, 0.25) is 0 Å². The van der Waals surface area contributed by atoms with Gasteiger partial charge in [0, 0.05) is 30.0 Å². The Morgan fingerprint density at radius 2 is 2.18 bits per heavy atom. The largest absolute Gasteiger partial charge is 0.370 e. The van der Waals surface area contributed by atoms with Crippen LogP contribution in [0.1, 0.15) is 22.0 Å². The molecule has 1 unspecified atom stereocenters. The van der Waals surface area contributed by atoms with Crippen LogP contribution < -0.4 is 10.6 Å². The number of morpholine rings is 1. The van der Waals surface area contributed by atoms with E-state index >= 15 is 0 Å². The topological polar surface area (TPSA) is 68.5 Å². The van der Waals surface area contributed by atoms with Gasteiger partial charge in [0.25, 0.3) is 5.91 Å². The highest BCUT2D eigenvalue weighted by Crippen LogP contribution is 2.31. The van der Waals surface area contributed by atoms with E-state index in [-0.39, 0.29) is 6.10 Å². The van der Waals surface area contributed by atoms with E-state index in [1.165, 1.54) is 6.20 Å². The van der Waals surface area contributed by atoms with E-state index in [1.807, 2.05) is 30.3 Å². The Morgan fingerprint density at radius 3 is 2.95 bits per heavy atom. The molecule has 22 heavy (non-hydrogen) atoms. The van der Waals surface area contributed by atoms with Crippen LogP contribution in [0.25, 0.3) is 0 Å². The number of nitrogens with zero attached hydrogens (tertiary/aromatic N) is 2. The fourth-order valence-corrected chi connectivity index (χ4v) is 3.19. The molecule has 3 rings (SSSR count). The maximum Gasteiger partial charge on any atom is 0.252 e. The number of rotatable bonds is 3. The van der Waals surface area contributed by atoms with Gasteiger partial charge in [-0.25, -0.2) is 0 Å². The standard InChI is InChI=1S/C16H16BrN3O2/c17-13-4-2-1-3-11(13)15-10-20(7-8-22-15)14-5-6-19-9-12(14)16(18)21/h1-6,9,15H,7-8,10H2,(H2,18,21). The lowest BCUT2D eigenvalue weighted by Gasteiger charge is -2.35. The number of primary amides is 1. The third kappa shape index (κ3) is 2.98. The van der Waals surface area contributed by atoms with Crippen molar-refractivity contribution < 1.29 is 9.53 Å². The maximum atomic E-state index is 11.6. The summed E-state index contributed by atoms with van der Waals surface area (Å²) in [4.78, 5) is 17.7. The first-order valence-electron chi connectivity index (χ1n) is 7.01. The maximum absolute atomic E-state index is 11.6. The minimum atomic E-state index is -0.466. The molecule has 1 atom stereocenters. The molecule has 1 aliphatic rings. The molecule has 6 heteroatoms. The molecule has 2 N–H and O–H groups in total. The molecule has 5 nitrogen and oxygen atoms in total. The van der Waals surface area contributed by atoms with E-state index in [0.29, 0.717) is 25.3 Å². The highest BCUT2D eigenvalue weighted by molar-refractivity contribution is 9.10. The SMILES string of the molecule is NC(=O)c1cnccc1N1CCOC(c2ccccc2Br)C1. The molecule has 2 heterocycles. The Balaban J connectivity index is 1.88. The number of carbonyl (C=O) groups excluding carboxylic acids is 1. The second kappa shape index (κ2) is 6.46. The van der Waals surface area contributed by atoms with Gasteiger partial charge in [-0.2, -0.15) is 0 Å². The van der Waals surface area contributed by atoms with Gasteiger partial charge >= 0.3 is 0 Å². The summed E-state index contributed by atoms with van der Waals surface area (Å²) in [5, 5.41) is 0. The molecule has 1 amide bonds. The number of hydrogen-bond donors (Lipinski definition) is 1. The number of aromatic nitrogens is 1. The fourth-order valence-electron chi connectivity index (χ4n) is 2.65. The van der Waals surface area contributed by atoms with Crippen LogP contribution in [0.3, 0.4) is 0 Å². The molecule has 0 radical (unpaired) electrons. The van der Waals surface area contributed by atoms with Gasteiger partial charge < -0.3 is 15.4 Å². The number of benzene rings is 1. The number of carbonyl (C=O) groups is 1. The van der Waals surface area contributed by atoms with E-state index in [0.717, 1.165) is 15.7 Å². The van der Waals surface area contributed by atoms with E-state index in [9.17, 15) is 4.79 Å². The van der Waals surface area contributed by atoms with Crippen molar-refractivity contribution in [3.8, 4) is 0 Å². The van der Waals surface area contributed by atoms with Crippen LogP contribution in [0.15, 0.2) is 47.2 Å². The predicted molar refractivity (Wildman–Crippen MR) is 87.8 cm³/mol. The summed E-state index contributed by atoms with van der Waals surface area (Å²) in [5.41, 5.74) is 7.79. The predicted octanol–water partition coefficient (Wildman–Crippen LogP) is 2.52. The highest BCUT2D eigenvalue weighted by atomic mass is 79.9. The first kappa shape index (κ1) is 15.0. The summed E-state index contributed by atoms with van der Waals surface area (Å²) in [5.74, 6) is -0.466. The molecule has 1 aromatic carbocycles. The second-order valence-electron chi connectivity index (χ2n) is 5.08. The molecule has 1 fully saturated rings. The van der Waals surface area contributed by atoms with Gasteiger partial charge in [-0.05, 0) is 17.7 Å². The summed E-state index contributed by atoms with van der Waals surface area (Å²) in [7, 11) is 0.